The first-order valence-corrected chi connectivity index (χ1v) is 35.4. The highest BCUT2D eigenvalue weighted by Gasteiger charge is 2.47. The van der Waals surface area contributed by atoms with Gasteiger partial charge in [0.15, 0.2) is 12.4 Å². The minimum atomic E-state index is -1.62. The molecule has 1 aliphatic rings. The fourth-order valence-electron chi connectivity index (χ4n) is 10.7. The molecule has 8 atom stereocenters. The van der Waals surface area contributed by atoms with Crippen LogP contribution < -0.4 is 5.32 Å². The summed E-state index contributed by atoms with van der Waals surface area (Å²) in [6.07, 6.45) is 70.5. The predicted molar refractivity (Wildman–Crippen MR) is 356 cm³/mol. The van der Waals surface area contributed by atoms with Gasteiger partial charge in [0.05, 0.1) is 25.4 Å². The molecular formula is C74H131NO10. The van der Waals surface area contributed by atoms with Gasteiger partial charge in [0, 0.05) is 6.42 Å². The second kappa shape index (κ2) is 61.1. The van der Waals surface area contributed by atoms with Gasteiger partial charge in [-0.05, 0) is 103 Å². The molecule has 6 N–H and O–H groups in total. The number of carbonyl (C=O) groups is 2. The molecule has 85 heavy (non-hydrogen) atoms. The van der Waals surface area contributed by atoms with Gasteiger partial charge in [-0.25, -0.2) is 0 Å². The van der Waals surface area contributed by atoms with Crippen LogP contribution in [-0.4, -0.2) is 99.6 Å². The Morgan fingerprint density at radius 3 is 1.24 bits per heavy atom. The molecule has 1 heterocycles. The Kier molecular flexibility index (Phi) is 57.4. The van der Waals surface area contributed by atoms with Crippen molar-refractivity contribution in [2.45, 2.75) is 359 Å². The van der Waals surface area contributed by atoms with Crippen LogP contribution in [0.5, 0.6) is 0 Å². The highest BCUT2D eigenvalue weighted by molar-refractivity contribution is 5.80. The topological polar surface area (TPSA) is 175 Å². The van der Waals surface area contributed by atoms with E-state index in [1.807, 2.05) is 6.08 Å². The molecule has 492 valence electrons. The van der Waals surface area contributed by atoms with Crippen molar-refractivity contribution in [2.24, 2.45) is 0 Å². The number of esters is 1. The summed E-state index contributed by atoms with van der Waals surface area (Å²) >= 11 is 0. The molecule has 0 aromatic heterocycles. The van der Waals surface area contributed by atoms with Crippen molar-refractivity contribution in [1.29, 1.82) is 0 Å². The quantitative estimate of drug-likeness (QED) is 0.0195. The summed E-state index contributed by atoms with van der Waals surface area (Å²) in [5.74, 6) is -1.20. The number of hydrogen-bond acceptors (Lipinski definition) is 10. The van der Waals surface area contributed by atoms with Gasteiger partial charge < -0.3 is 45.1 Å². The SMILES string of the molecule is CCCCC/C=C\C/C=C\C/C=C\C/C=C\CCCCCCCCCCCCCC(=O)OC1C(OCC(NC(=O)C(O)CCCCCCCCCC/C=C\C/C=C\CCCCC)C(O)/C=C/CCCCCCCCCCC)OC(CO)C(O)C1O. The van der Waals surface area contributed by atoms with Crippen LogP contribution in [0.1, 0.15) is 310 Å². The van der Waals surface area contributed by atoms with Crippen molar-refractivity contribution in [1.82, 2.24) is 5.32 Å². The van der Waals surface area contributed by atoms with Gasteiger partial charge in [-0.1, -0.05) is 286 Å². The van der Waals surface area contributed by atoms with Crippen LogP contribution in [0, 0.1) is 0 Å². The van der Waals surface area contributed by atoms with E-state index in [0.29, 0.717) is 12.8 Å². The lowest BCUT2D eigenvalue weighted by atomic mass is 9.99. The lowest BCUT2D eigenvalue weighted by Gasteiger charge is -2.41. The second-order valence-corrected chi connectivity index (χ2v) is 24.3. The Labute approximate surface area is 521 Å². The van der Waals surface area contributed by atoms with Crippen LogP contribution in [0.15, 0.2) is 85.1 Å². The molecular weight excluding hydrogens is 1060 g/mol. The number of hydrogen-bond donors (Lipinski definition) is 6. The van der Waals surface area contributed by atoms with Crippen molar-refractivity contribution in [3.05, 3.63) is 85.1 Å². The largest absolute Gasteiger partial charge is 0.454 e. The summed E-state index contributed by atoms with van der Waals surface area (Å²) < 4.78 is 17.7. The normalized spacial score (nSPS) is 18.9. The zero-order valence-electron chi connectivity index (χ0n) is 54.7. The molecule has 0 saturated carbocycles. The van der Waals surface area contributed by atoms with E-state index in [1.165, 1.54) is 167 Å². The van der Waals surface area contributed by atoms with Crippen LogP contribution >= 0.6 is 0 Å². The molecule has 1 amide bonds. The van der Waals surface area contributed by atoms with Crippen LogP contribution in [-0.2, 0) is 23.8 Å². The summed E-state index contributed by atoms with van der Waals surface area (Å²) in [4.78, 5) is 26.7. The van der Waals surface area contributed by atoms with E-state index in [-0.39, 0.29) is 19.4 Å². The molecule has 1 saturated heterocycles. The van der Waals surface area contributed by atoms with E-state index in [1.54, 1.807) is 6.08 Å². The van der Waals surface area contributed by atoms with E-state index in [4.69, 9.17) is 14.2 Å². The first kappa shape index (κ1) is 79.9. The number of carbonyl (C=O) groups excluding carboxylic acids is 2. The lowest BCUT2D eigenvalue weighted by Crippen LogP contribution is -2.61. The van der Waals surface area contributed by atoms with E-state index in [2.05, 4.69) is 99.0 Å². The molecule has 0 aromatic rings. The third-order valence-corrected chi connectivity index (χ3v) is 16.3. The van der Waals surface area contributed by atoms with Gasteiger partial charge in [-0.2, -0.15) is 0 Å². The molecule has 1 fully saturated rings. The number of aliphatic hydroxyl groups excluding tert-OH is 5. The molecule has 0 bridgehead atoms. The minimum absolute atomic E-state index is 0.117. The molecule has 0 spiro atoms. The Morgan fingerprint density at radius 2 is 0.812 bits per heavy atom. The highest BCUT2D eigenvalue weighted by atomic mass is 16.7. The maximum atomic E-state index is 13.5. The zero-order valence-corrected chi connectivity index (χ0v) is 54.7. The van der Waals surface area contributed by atoms with Gasteiger partial charge in [0.25, 0.3) is 0 Å². The first-order valence-electron chi connectivity index (χ1n) is 35.4. The predicted octanol–water partition coefficient (Wildman–Crippen LogP) is 18.1. The van der Waals surface area contributed by atoms with Crippen molar-refractivity contribution < 1.29 is 49.3 Å². The van der Waals surface area contributed by atoms with E-state index < -0.39 is 67.4 Å². The van der Waals surface area contributed by atoms with Gasteiger partial charge in [0.1, 0.15) is 24.4 Å². The molecule has 0 aromatic carbocycles. The summed E-state index contributed by atoms with van der Waals surface area (Å²) in [5, 5.41) is 57.2. The van der Waals surface area contributed by atoms with Crippen molar-refractivity contribution in [2.75, 3.05) is 13.2 Å². The number of amides is 1. The lowest BCUT2D eigenvalue weighted by molar-refractivity contribution is -0.305. The Hall–Kier alpha value is -3.16. The fourth-order valence-corrected chi connectivity index (χ4v) is 10.7. The van der Waals surface area contributed by atoms with Gasteiger partial charge >= 0.3 is 5.97 Å². The maximum Gasteiger partial charge on any atom is 0.306 e. The Morgan fingerprint density at radius 1 is 0.459 bits per heavy atom. The van der Waals surface area contributed by atoms with Crippen LogP contribution in [0.4, 0.5) is 0 Å². The van der Waals surface area contributed by atoms with E-state index >= 15 is 0 Å². The summed E-state index contributed by atoms with van der Waals surface area (Å²) in [5.41, 5.74) is 0. The van der Waals surface area contributed by atoms with E-state index in [0.717, 1.165) is 96.3 Å². The number of nitrogens with one attached hydrogen (secondary N) is 1. The first-order chi connectivity index (χ1) is 41.7. The number of ether oxygens (including phenoxy) is 3. The van der Waals surface area contributed by atoms with E-state index in [9.17, 15) is 35.1 Å². The Bertz CT molecular complexity index is 1710. The average Bonchev–Trinajstić information content (AvgIpc) is 2.92. The molecule has 0 aliphatic carbocycles. The smallest absolute Gasteiger partial charge is 0.306 e. The second-order valence-electron chi connectivity index (χ2n) is 24.3. The number of allylic oxidation sites excluding steroid dienone is 13. The van der Waals surface area contributed by atoms with Gasteiger partial charge in [-0.15, -0.1) is 0 Å². The summed E-state index contributed by atoms with van der Waals surface area (Å²) in [6.45, 7) is 5.75. The minimum Gasteiger partial charge on any atom is -0.454 e. The molecule has 0 radical (unpaired) electrons. The molecule has 1 aliphatic heterocycles. The molecule has 1 rings (SSSR count). The number of unbranched alkanes of at least 4 members (excludes halogenated alkanes) is 34. The van der Waals surface area contributed by atoms with Crippen LogP contribution in [0.3, 0.4) is 0 Å². The van der Waals surface area contributed by atoms with Crippen molar-refractivity contribution >= 4 is 11.9 Å². The molecule has 11 heteroatoms. The van der Waals surface area contributed by atoms with Crippen LogP contribution in [0.25, 0.3) is 0 Å². The highest BCUT2D eigenvalue weighted by Crippen LogP contribution is 2.26. The van der Waals surface area contributed by atoms with Gasteiger partial charge in [0.2, 0.25) is 5.91 Å². The summed E-state index contributed by atoms with van der Waals surface area (Å²) in [6, 6.07) is -1.03. The number of rotatable bonds is 60. The standard InChI is InChI=1S/C74H131NO10/c1-4-7-10-13-16-19-22-24-26-28-30-31-32-33-34-35-36-37-38-40-42-44-47-50-53-56-59-62-69(79)85-72-71(81)70(80)68(63-76)84-74(72)83-64-65(66(77)60-57-54-51-48-45-21-18-15-12-9-6-3)75-73(82)67(78)61-58-55-52-49-46-43-41-39-29-27-25-23-20-17-14-11-8-5-2/h16-17,19-20,24-27,30-31,33-34,57,60,65-68,70-72,74,76-78,80-81H,4-15,18,21-23,28-29,32,35-56,58-59,61-64H2,1-3H3,(H,75,82)/b19-16-,20-17-,26-24-,27-25-,31-30-,34-33-,60-57+. The fraction of sp³-hybridized carbons (Fsp3) is 0.784. The number of aliphatic hydroxyl groups is 5. The maximum absolute atomic E-state index is 13.5. The third kappa shape index (κ3) is 48.4. The summed E-state index contributed by atoms with van der Waals surface area (Å²) in [7, 11) is 0. The molecule has 11 nitrogen and oxygen atoms in total. The monoisotopic (exact) mass is 1190 g/mol. The Balaban J connectivity index is 2.55. The van der Waals surface area contributed by atoms with Crippen molar-refractivity contribution in [3.63, 3.8) is 0 Å². The average molecular weight is 1190 g/mol. The molecule has 8 unspecified atom stereocenters. The third-order valence-electron chi connectivity index (χ3n) is 16.3. The zero-order chi connectivity index (χ0) is 61.7. The van der Waals surface area contributed by atoms with Crippen molar-refractivity contribution in [3.8, 4) is 0 Å². The van der Waals surface area contributed by atoms with Crippen LogP contribution in [0.2, 0.25) is 0 Å². The van der Waals surface area contributed by atoms with Gasteiger partial charge in [-0.3, -0.25) is 9.59 Å².